The Morgan fingerprint density at radius 3 is 2.58 bits per heavy atom. The normalized spacial score (nSPS) is 12.3. The predicted molar refractivity (Wildman–Crippen MR) is 102 cm³/mol. The van der Waals surface area contributed by atoms with Gasteiger partial charge in [-0.1, -0.05) is 6.92 Å². The van der Waals surface area contributed by atoms with E-state index in [-0.39, 0.29) is 12.4 Å². The lowest BCUT2D eigenvalue weighted by molar-refractivity contribution is 0.0932. The number of hydrogen-bond acceptors (Lipinski definition) is 4. The van der Waals surface area contributed by atoms with Crippen molar-refractivity contribution >= 4 is 16.8 Å². The summed E-state index contributed by atoms with van der Waals surface area (Å²) in [6, 6.07) is 11.2. The molecule has 0 saturated heterocycles. The first-order valence-electron chi connectivity index (χ1n) is 8.84. The Morgan fingerprint density at radius 1 is 1.19 bits per heavy atom. The molecule has 0 aliphatic carbocycles. The van der Waals surface area contributed by atoms with Gasteiger partial charge in [0.15, 0.2) is 5.78 Å². The molecule has 3 aromatic rings. The van der Waals surface area contributed by atoms with Gasteiger partial charge in [0.2, 0.25) is 0 Å². The average molecular weight is 352 g/mol. The van der Waals surface area contributed by atoms with Gasteiger partial charge in [-0.05, 0) is 61.4 Å². The number of rotatable bonds is 7. The molecule has 0 aliphatic heterocycles. The summed E-state index contributed by atoms with van der Waals surface area (Å²) in [5, 5.41) is 10.3. The molecular formula is C21H24N2O3. The van der Waals surface area contributed by atoms with E-state index in [1.54, 1.807) is 30.6 Å². The van der Waals surface area contributed by atoms with Crippen LogP contribution in [-0.2, 0) is 6.54 Å². The molecule has 1 N–H and O–H groups in total. The van der Waals surface area contributed by atoms with Crippen molar-refractivity contribution in [3.63, 3.8) is 0 Å². The van der Waals surface area contributed by atoms with Gasteiger partial charge in [0, 0.05) is 12.0 Å². The van der Waals surface area contributed by atoms with Crippen molar-refractivity contribution in [1.29, 1.82) is 0 Å². The number of fused-ring (bicyclic) bond motifs is 1. The van der Waals surface area contributed by atoms with Gasteiger partial charge in [-0.15, -0.1) is 0 Å². The highest BCUT2D eigenvalue weighted by molar-refractivity contribution is 5.95. The minimum atomic E-state index is -0.661. The van der Waals surface area contributed by atoms with Crippen LogP contribution in [-0.4, -0.2) is 33.2 Å². The largest absolute Gasteiger partial charge is 0.491 e. The van der Waals surface area contributed by atoms with Crippen LogP contribution in [0.1, 0.15) is 34.8 Å². The number of ether oxygens (including phenoxy) is 1. The van der Waals surface area contributed by atoms with E-state index >= 15 is 0 Å². The van der Waals surface area contributed by atoms with E-state index in [0.29, 0.717) is 24.3 Å². The monoisotopic (exact) mass is 352 g/mol. The molecule has 2 aromatic carbocycles. The van der Waals surface area contributed by atoms with Crippen LogP contribution in [0.4, 0.5) is 0 Å². The number of carbonyl (C=O) groups excluding carboxylic acids is 1. The molecule has 1 heterocycles. The quantitative estimate of drug-likeness (QED) is 0.659. The van der Waals surface area contributed by atoms with Crippen molar-refractivity contribution in [2.45, 2.75) is 39.8 Å². The molecular weight excluding hydrogens is 328 g/mol. The molecule has 0 bridgehead atoms. The average Bonchev–Trinajstić information content (AvgIpc) is 3.01. The molecule has 0 spiro atoms. The van der Waals surface area contributed by atoms with Crippen molar-refractivity contribution in [2.75, 3.05) is 6.61 Å². The van der Waals surface area contributed by atoms with E-state index in [0.717, 1.165) is 11.0 Å². The van der Waals surface area contributed by atoms with Gasteiger partial charge in [-0.3, -0.25) is 4.79 Å². The zero-order valence-electron chi connectivity index (χ0n) is 15.4. The summed E-state index contributed by atoms with van der Waals surface area (Å²) in [6.45, 7) is 6.55. The standard InChI is InChI=1S/C21H24N2O3/c1-4-21(25)16-5-7-18(8-6-16)26-12-17(24)11-23-13-22-19-9-14(2)15(3)10-20(19)23/h5-10,13,17,24H,4,11-12H2,1-3H3/t17-/m1/s1. The molecule has 1 aromatic heterocycles. The van der Waals surface area contributed by atoms with Crippen molar-refractivity contribution < 1.29 is 14.6 Å². The van der Waals surface area contributed by atoms with Crippen LogP contribution in [0.2, 0.25) is 0 Å². The zero-order chi connectivity index (χ0) is 18.7. The molecule has 26 heavy (non-hydrogen) atoms. The molecule has 0 aliphatic rings. The van der Waals surface area contributed by atoms with Crippen molar-refractivity contribution in [2.24, 2.45) is 0 Å². The highest BCUT2D eigenvalue weighted by Gasteiger charge is 2.11. The number of carbonyl (C=O) groups is 1. The SMILES string of the molecule is CCC(=O)c1ccc(OC[C@H](O)Cn2cnc3cc(C)c(C)cc32)cc1. The van der Waals surface area contributed by atoms with E-state index in [2.05, 4.69) is 31.0 Å². The molecule has 3 rings (SSSR count). The first-order chi connectivity index (χ1) is 12.5. The maximum absolute atomic E-state index is 11.6. The summed E-state index contributed by atoms with van der Waals surface area (Å²) in [5.41, 5.74) is 5.02. The molecule has 5 heteroatoms. The maximum Gasteiger partial charge on any atom is 0.162 e. The number of aryl methyl sites for hydroxylation is 2. The lowest BCUT2D eigenvalue weighted by Gasteiger charge is -2.14. The number of aliphatic hydroxyl groups is 1. The zero-order valence-corrected chi connectivity index (χ0v) is 15.4. The van der Waals surface area contributed by atoms with Crippen molar-refractivity contribution in [3.8, 4) is 5.75 Å². The van der Waals surface area contributed by atoms with E-state index in [1.807, 2.05) is 11.5 Å². The second-order valence-corrected chi connectivity index (χ2v) is 6.59. The molecule has 5 nitrogen and oxygen atoms in total. The van der Waals surface area contributed by atoms with Crippen LogP contribution >= 0.6 is 0 Å². The Morgan fingerprint density at radius 2 is 1.88 bits per heavy atom. The number of aromatic nitrogens is 2. The van der Waals surface area contributed by atoms with E-state index < -0.39 is 6.10 Å². The highest BCUT2D eigenvalue weighted by atomic mass is 16.5. The van der Waals surface area contributed by atoms with Crippen LogP contribution in [0.25, 0.3) is 11.0 Å². The van der Waals surface area contributed by atoms with Gasteiger partial charge in [0.25, 0.3) is 0 Å². The van der Waals surface area contributed by atoms with E-state index in [4.69, 9.17) is 4.74 Å². The minimum absolute atomic E-state index is 0.106. The first kappa shape index (κ1) is 18.1. The summed E-state index contributed by atoms with van der Waals surface area (Å²) in [4.78, 5) is 16.0. The summed E-state index contributed by atoms with van der Waals surface area (Å²) >= 11 is 0. The number of aliphatic hydroxyl groups excluding tert-OH is 1. The number of ketones is 1. The Bertz CT molecular complexity index is 913. The lowest BCUT2D eigenvalue weighted by atomic mass is 10.1. The minimum Gasteiger partial charge on any atom is -0.491 e. The van der Waals surface area contributed by atoms with Crippen molar-refractivity contribution in [1.82, 2.24) is 9.55 Å². The number of benzene rings is 2. The van der Waals surface area contributed by atoms with Crippen LogP contribution in [0.5, 0.6) is 5.75 Å². The van der Waals surface area contributed by atoms with Gasteiger partial charge >= 0.3 is 0 Å². The lowest BCUT2D eigenvalue weighted by Crippen LogP contribution is -2.23. The molecule has 1 atom stereocenters. The molecule has 0 unspecified atom stereocenters. The topological polar surface area (TPSA) is 64.3 Å². The molecule has 0 fully saturated rings. The Balaban J connectivity index is 1.61. The van der Waals surface area contributed by atoms with Crippen LogP contribution < -0.4 is 4.74 Å². The number of hydrogen-bond donors (Lipinski definition) is 1. The van der Waals surface area contributed by atoms with Crippen LogP contribution in [0.15, 0.2) is 42.7 Å². The van der Waals surface area contributed by atoms with Gasteiger partial charge in [-0.25, -0.2) is 4.98 Å². The van der Waals surface area contributed by atoms with Crippen molar-refractivity contribution in [3.05, 3.63) is 59.4 Å². The summed E-state index contributed by atoms with van der Waals surface area (Å²) < 4.78 is 7.59. The third-order valence-corrected chi connectivity index (χ3v) is 4.58. The molecule has 0 saturated carbocycles. The summed E-state index contributed by atoms with van der Waals surface area (Å²) in [7, 11) is 0. The Hall–Kier alpha value is -2.66. The highest BCUT2D eigenvalue weighted by Crippen LogP contribution is 2.19. The van der Waals surface area contributed by atoms with Gasteiger partial charge in [0.1, 0.15) is 18.5 Å². The van der Waals surface area contributed by atoms with Crippen LogP contribution in [0, 0.1) is 13.8 Å². The predicted octanol–water partition coefficient (Wildman–Crippen LogP) is 3.69. The third kappa shape index (κ3) is 3.94. The fourth-order valence-corrected chi connectivity index (χ4v) is 2.87. The first-order valence-corrected chi connectivity index (χ1v) is 8.84. The molecule has 0 radical (unpaired) electrons. The number of Topliss-reactive ketones (excluding diaryl/α,β-unsaturated/α-hetero) is 1. The summed E-state index contributed by atoms with van der Waals surface area (Å²) in [5.74, 6) is 0.743. The second-order valence-electron chi connectivity index (χ2n) is 6.59. The smallest absolute Gasteiger partial charge is 0.162 e. The fraction of sp³-hybridized carbons (Fsp3) is 0.333. The van der Waals surface area contributed by atoms with E-state index in [1.165, 1.54) is 11.1 Å². The maximum atomic E-state index is 11.6. The number of imidazole rings is 1. The summed E-state index contributed by atoms with van der Waals surface area (Å²) in [6.07, 6.45) is 1.57. The van der Waals surface area contributed by atoms with Gasteiger partial charge in [0.05, 0.1) is 23.9 Å². The van der Waals surface area contributed by atoms with Gasteiger partial charge in [-0.2, -0.15) is 0 Å². The van der Waals surface area contributed by atoms with E-state index in [9.17, 15) is 9.90 Å². The fourth-order valence-electron chi connectivity index (χ4n) is 2.87. The Kier molecular flexibility index (Phi) is 5.38. The van der Waals surface area contributed by atoms with Crippen LogP contribution in [0.3, 0.4) is 0 Å². The Labute approximate surface area is 153 Å². The molecule has 0 amide bonds. The number of nitrogens with zero attached hydrogens (tertiary/aromatic N) is 2. The van der Waals surface area contributed by atoms with Gasteiger partial charge < -0.3 is 14.4 Å². The molecule has 136 valence electrons. The third-order valence-electron chi connectivity index (χ3n) is 4.58. The second kappa shape index (κ2) is 7.70.